The molecule has 0 atom stereocenters. The normalized spacial score (nSPS) is 9.13. The second-order valence-corrected chi connectivity index (χ2v) is 3.55. The van der Waals surface area contributed by atoms with Gasteiger partial charge in [-0.2, -0.15) is 0 Å². The summed E-state index contributed by atoms with van der Waals surface area (Å²) in [5.41, 5.74) is 8.75. The van der Waals surface area contributed by atoms with Crippen molar-refractivity contribution in [3.63, 3.8) is 0 Å². The fourth-order valence-electron chi connectivity index (χ4n) is 0.997. The fraction of sp³-hybridized carbons (Fsp3) is 0.222. The highest BCUT2D eigenvalue weighted by Gasteiger charge is 2.00. The lowest BCUT2D eigenvalue weighted by atomic mass is 10.3. The summed E-state index contributed by atoms with van der Waals surface area (Å²) in [6.45, 7) is -0.181. The number of carbonyl (C=O) groups excluding carboxylic acids is 1. The lowest BCUT2D eigenvalue weighted by Crippen LogP contribution is -2.14. The predicted octanol–water partition coefficient (Wildman–Crippen LogP) is 2.66. The van der Waals surface area contributed by atoms with Crippen molar-refractivity contribution in [1.29, 1.82) is 0 Å². The Labute approximate surface area is 91.5 Å². The summed E-state index contributed by atoms with van der Waals surface area (Å²) in [6.07, 6.45) is 1.96. The number of thioether (sulfide) groups is 1. The van der Waals surface area contributed by atoms with Crippen LogP contribution in [0.15, 0.2) is 34.3 Å². The molecule has 1 amide bonds. The molecule has 0 radical (unpaired) electrons. The minimum atomic E-state index is -0.314. The SMILES string of the molecule is CSc1cccc(NC(=O)CN=[N+]=[N-])c1. The molecule has 0 aliphatic rings. The molecule has 0 aromatic heterocycles. The standard InChI is InChI=1S/C9H10N4OS/c1-15-8-4-2-3-7(5-8)12-9(14)6-11-13-10/h2-5H,6H2,1H3,(H,12,14). The number of anilines is 1. The van der Waals surface area contributed by atoms with Gasteiger partial charge in [0.1, 0.15) is 6.54 Å². The summed E-state index contributed by atoms with van der Waals surface area (Å²) in [6, 6.07) is 7.45. The number of nitrogens with zero attached hydrogens (tertiary/aromatic N) is 3. The Kier molecular flexibility index (Phi) is 4.53. The van der Waals surface area contributed by atoms with E-state index in [1.165, 1.54) is 0 Å². The van der Waals surface area contributed by atoms with Crippen LogP contribution in [0.5, 0.6) is 0 Å². The molecule has 1 aromatic carbocycles. The number of hydrogen-bond donors (Lipinski definition) is 1. The maximum atomic E-state index is 11.2. The molecule has 0 fully saturated rings. The number of carbonyl (C=O) groups is 1. The van der Waals surface area contributed by atoms with Crippen molar-refractivity contribution in [2.75, 3.05) is 18.1 Å². The van der Waals surface area contributed by atoms with Crippen molar-refractivity contribution in [2.24, 2.45) is 5.11 Å². The average molecular weight is 222 g/mol. The Morgan fingerprint density at radius 1 is 1.67 bits per heavy atom. The summed E-state index contributed by atoms with van der Waals surface area (Å²) >= 11 is 1.59. The molecule has 0 saturated carbocycles. The van der Waals surface area contributed by atoms with E-state index in [1.807, 2.05) is 24.5 Å². The second-order valence-electron chi connectivity index (χ2n) is 2.67. The first-order valence-corrected chi connectivity index (χ1v) is 5.43. The molecule has 5 nitrogen and oxygen atoms in total. The van der Waals surface area contributed by atoms with Crippen molar-refractivity contribution in [2.45, 2.75) is 4.90 Å². The maximum Gasteiger partial charge on any atom is 0.230 e. The van der Waals surface area contributed by atoms with E-state index in [9.17, 15) is 4.79 Å². The monoisotopic (exact) mass is 222 g/mol. The number of hydrogen-bond acceptors (Lipinski definition) is 3. The lowest BCUT2D eigenvalue weighted by molar-refractivity contribution is -0.114. The number of nitrogens with one attached hydrogen (secondary N) is 1. The van der Waals surface area contributed by atoms with Gasteiger partial charge in [0.05, 0.1) is 0 Å². The van der Waals surface area contributed by atoms with E-state index in [0.717, 1.165) is 4.90 Å². The van der Waals surface area contributed by atoms with Crippen LogP contribution in [0.1, 0.15) is 0 Å². The molecule has 0 aliphatic heterocycles. The van der Waals surface area contributed by atoms with Crippen molar-refractivity contribution >= 4 is 23.4 Å². The van der Waals surface area contributed by atoms with Crippen LogP contribution in [0.25, 0.3) is 10.4 Å². The number of benzene rings is 1. The molecular weight excluding hydrogens is 212 g/mol. The second kappa shape index (κ2) is 5.95. The quantitative estimate of drug-likeness (QED) is 0.368. The highest BCUT2D eigenvalue weighted by molar-refractivity contribution is 7.98. The van der Waals surface area contributed by atoms with Crippen LogP contribution < -0.4 is 5.32 Å². The van der Waals surface area contributed by atoms with Gasteiger partial charge in [-0.1, -0.05) is 11.2 Å². The van der Waals surface area contributed by atoms with Gasteiger partial charge in [-0.05, 0) is 30.0 Å². The van der Waals surface area contributed by atoms with Crippen LogP contribution in [-0.4, -0.2) is 18.7 Å². The van der Waals surface area contributed by atoms with E-state index in [-0.39, 0.29) is 12.5 Å². The Hall–Kier alpha value is -1.65. The minimum Gasteiger partial charge on any atom is -0.326 e. The van der Waals surface area contributed by atoms with E-state index in [4.69, 9.17) is 5.53 Å². The molecule has 1 rings (SSSR count). The van der Waals surface area contributed by atoms with Gasteiger partial charge in [-0.25, -0.2) is 0 Å². The number of amides is 1. The summed E-state index contributed by atoms with van der Waals surface area (Å²) in [5, 5.41) is 5.81. The van der Waals surface area contributed by atoms with Gasteiger partial charge in [0.2, 0.25) is 5.91 Å². The Bertz CT molecular complexity index is 401. The largest absolute Gasteiger partial charge is 0.326 e. The van der Waals surface area contributed by atoms with Crippen molar-refractivity contribution in [3.05, 3.63) is 34.7 Å². The van der Waals surface area contributed by atoms with Crippen molar-refractivity contribution < 1.29 is 4.79 Å². The first kappa shape index (κ1) is 11.4. The van der Waals surface area contributed by atoms with Crippen molar-refractivity contribution in [1.82, 2.24) is 0 Å². The molecule has 15 heavy (non-hydrogen) atoms. The number of rotatable bonds is 4. The van der Waals surface area contributed by atoms with Crippen LogP contribution in [0.2, 0.25) is 0 Å². The van der Waals surface area contributed by atoms with Crippen LogP contribution in [0.3, 0.4) is 0 Å². The number of azide groups is 1. The van der Waals surface area contributed by atoms with Crippen LogP contribution >= 0.6 is 11.8 Å². The summed E-state index contributed by atoms with van der Waals surface area (Å²) < 4.78 is 0. The molecule has 1 aromatic rings. The Morgan fingerprint density at radius 2 is 2.47 bits per heavy atom. The average Bonchev–Trinajstić information content (AvgIpc) is 2.26. The van der Waals surface area contributed by atoms with Crippen LogP contribution in [0.4, 0.5) is 5.69 Å². The predicted molar refractivity (Wildman–Crippen MR) is 60.9 cm³/mol. The topological polar surface area (TPSA) is 77.9 Å². The first-order chi connectivity index (χ1) is 7.26. The van der Waals surface area contributed by atoms with Gasteiger partial charge in [0.15, 0.2) is 0 Å². The highest BCUT2D eigenvalue weighted by atomic mass is 32.2. The summed E-state index contributed by atoms with van der Waals surface area (Å²) in [4.78, 5) is 14.8. The third kappa shape index (κ3) is 3.93. The van der Waals surface area contributed by atoms with Crippen LogP contribution in [0, 0.1) is 0 Å². The zero-order chi connectivity index (χ0) is 11.1. The van der Waals surface area contributed by atoms with Crippen molar-refractivity contribution in [3.8, 4) is 0 Å². The van der Waals surface area contributed by atoms with Gasteiger partial charge in [0, 0.05) is 15.5 Å². The molecule has 1 N–H and O–H groups in total. The van der Waals surface area contributed by atoms with E-state index in [1.54, 1.807) is 17.8 Å². The smallest absolute Gasteiger partial charge is 0.230 e. The molecule has 0 spiro atoms. The molecule has 0 bridgehead atoms. The Morgan fingerprint density at radius 3 is 3.13 bits per heavy atom. The molecule has 0 heterocycles. The molecule has 6 heteroatoms. The van der Waals surface area contributed by atoms with Gasteiger partial charge in [0.25, 0.3) is 0 Å². The van der Waals surface area contributed by atoms with Gasteiger partial charge in [-0.15, -0.1) is 11.8 Å². The summed E-state index contributed by atoms with van der Waals surface area (Å²) in [5.74, 6) is -0.314. The molecular formula is C9H10N4OS. The minimum absolute atomic E-state index is 0.181. The third-order valence-electron chi connectivity index (χ3n) is 1.63. The lowest BCUT2D eigenvalue weighted by Gasteiger charge is -2.04. The van der Waals surface area contributed by atoms with E-state index < -0.39 is 0 Å². The summed E-state index contributed by atoms with van der Waals surface area (Å²) in [7, 11) is 0. The van der Waals surface area contributed by atoms with Gasteiger partial charge in [-0.3, -0.25) is 4.79 Å². The first-order valence-electron chi connectivity index (χ1n) is 4.21. The van der Waals surface area contributed by atoms with Gasteiger partial charge < -0.3 is 5.32 Å². The molecule has 0 unspecified atom stereocenters. The maximum absolute atomic E-state index is 11.2. The van der Waals surface area contributed by atoms with Gasteiger partial charge >= 0.3 is 0 Å². The van der Waals surface area contributed by atoms with E-state index >= 15 is 0 Å². The molecule has 0 saturated heterocycles. The fourth-order valence-corrected chi connectivity index (χ4v) is 1.46. The van der Waals surface area contributed by atoms with Crippen LogP contribution in [-0.2, 0) is 4.79 Å². The van der Waals surface area contributed by atoms with E-state index in [2.05, 4.69) is 15.3 Å². The zero-order valence-electron chi connectivity index (χ0n) is 8.17. The van der Waals surface area contributed by atoms with E-state index in [0.29, 0.717) is 5.69 Å². The third-order valence-corrected chi connectivity index (χ3v) is 2.36. The molecule has 0 aliphatic carbocycles. The molecule has 78 valence electrons. The highest BCUT2D eigenvalue weighted by Crippen LogP contribution is 2.18. The zero-order valence-corrected chi connectivity index (χ0v) is 8.99. The Balaban J connectivity index is 2.63.